The van der Waals surface area contributed by atoms with Crippen molar-refractivity contribution in [2.75, 3.05) is 39.8 Å². The topological polar surface area (TPSA) is 57.0 Å². The number of likely N-dealkylation sites (N-methyl/N-ethyl adjacent to an activating group) is 1. The third-order valence-corrected chi connectivity index (χ3v) is 6.01. The van der Waals surface area contributed by atoms with Crippen LogP contribution in [0.5, 0.6) is 0 Å². The van der Waals surface area contributed by atoms with E-state index >= 15 is 0 Å². The highest BCUT2D eigenvalue weighted by Crippen LogP contribution is 2.23. The first-order valence-corrected chi connectivity index (χ1v) is 10.2. The van der Waals surface area contributed by atoms with Crippen LogP contribution in [0.15, 0.2) is 16.5 Å². The van der Waals surface area contributed by atoms with Gasteiger partial charge >= 0.3 is 0 Å². The van der Waals surface area contributed by atoms with Crippen LogP contribution in [0, 0.1) is 18.8 Å². The number of nitrogens with zero attached hydrogens (tertiary/aromatic N) is 3. The van der Waals surface area contributed by atoms with Gasteiger partial charge in [-0.2, -0.15) is 0 Å². The normalized spacial score (nSPS) is 20.0. The van der Waals surface area contributed by atoms with Gasteiger partial charge in [-0.05, 0) is 63.7 Å². The molecule has 0 spiro atoms. The molecule has 0 atom stereocenters. The van der Waals surface area contributed by atoms with Gasteiger partial charge in [-0.25, -0.2) is 0 Å². The number of carbonyl (C=O) groups is 2. The summed E-state index contributed by atoms with van der Waals surface area (Å²) < 4.78 is 5.55. The summed E-state index contributed by atoms with van der Waals surface area (Å²) >= 11 is 0. The van der Waals surface area contributed by atoms with Gasteiger partial charge < -0.3 is 14.2 Å². The largest absolute Gasteiger partial charge is 0.464 e. The highest BCUT2D eigenvalue weighted by atomic mass is 16.3. The maximum absolute atomic E-state index is 12.7. The van der Waals surface area contributed by atoms with Gasteiger partial charge in [0.1, 0.15) is 11.5 Å². The van der Waals surface area contributed by atoms with E-state index in [0.29, 0.717) is 19.0 Å². The number of amides is 2. The molecule has 2 aliphatic heterocycles. The first kappa shape index (κ1) is 19.9. The Kier molecular flexibility index (Phi) is 6.58. The van der Waals surface area contributed by atoms with Crippen molar-refractivity contribution in [3.05, 3.63) is 23.7 Å². The molecule has 6 nitrogen and oxygen atoms in total. The molecule has 3 heterocycles. The van der Waals surface area contributed by atoms with E-state index in [4.69, 9.17) is 4.42 Å². The van der Waals surface area contributed by atoms with Crippen LogP contribution >= 0.6 is 0 Å². The molecule has 0 saturated carbocycles. The average molecular weight is 376 g/mol. The van der Waals surface area contributed by atoms with Crippen LogP contribution < -0.4 is 0 Å². The molecule has 2 amide bonds. The number of hydrogen-bond acceptors (Lipinski definition) is 4. The third-order valence-electron chi connectivity index (χ3n) is 6.01. The number of furan rings is 1. The Bertz CT molecular complexity index is 641. The summed E-state index contributed by atoms with van der Waals surface area (Å²) in [4.78, 5) is 31.2. The smallest absolute Gasteiger partial charge is 0.236 e. The Hall–Kier alpha value is -1.82. The second-order valence-corrected chi connectivity index (χ2v) is 8.32. The van der Waals surface area contributed by atoms with E-state index in [1.807, 2.05) is 26.1 Å². The fraction of sp³-hybridized carbons (Fsp3) is 0.714. The number of hydrogen-bond donors (Lipinski definition) is 0. The maximum Gasteiger partial charge on any atom is 0.236 e. The van der Waals surface area contributed by atoms with Gasteiger partial charge in [-0.3, -0.25) is 14.5 Å². The molecule has 2 saturated heterocycles. The number of piperidine rings is 2. The van der Waals surface area contributed by atoms with Gasteiger partial charge in [-0.15, -0.1) is 0 Å². The number of likely N-dealkylation sites (tertiary alicyclic amines) is 2. The quantitative estimate of drug-likeness (QED) is 0.794. The summed E-state index contributed by atoms with van der Waals surface area (Å²) in [5, 5.41) is 0. The molecular formula is C21H33N3O3. The number of rotatable bonds is 5. The van der Waals surface area contributed by atoms with Gasteiger partial charge in [0, 0.05) is 26.1 Å². The average Bonchev–Trinajstić information content (AvgIpc) is 3.07. The van der Waals surface area contributed by atoms with Gasteiger partial charge in [-0.1, -0.05) is 6.92 Å². The highest BCUT2D eigenvalue weighted by molar-refractivity contribution is 5.79. The fourth-order valence-electron chi connectivity index (χ4n) is 4.03. The predicted octanol–water partition coefficient (Wildman–Crippen LogP) is 2.52. The first-order chi connectivity index (χ1) is 12.9. The second-order valence-electron chi connectivity index (χ2n) is 8.32. The van der Waals surface area contributed by atoms with Crippen LogP contribution in [0.1, 0.15) is 44.1 Å². The van der Waals surface area contributed by atoms with Gasteiger partial charge in [0.15, 0.2) is 0 Å². The van der Waals surface area contributed by atoms with Crippen LogP contribution in [0.2, 0.25) is 0 Å². The molecule has 2 fully saturated rings. The lowest BCUT2D eigenvalue weighted by Gasteiger charge is -2.36. The molecule has 2 aliphatic rings. The molecule has 0 unspecified atom stereocenters. The number of aryl methyl sites for hydroxylation is 1. The second kappa shape index (κ2) is 8.91. The Balaban J connectivity index is 1.41. The van der Waals surface area contributed by atoms with Crippen molar-refractivity contribution >= 4 is 11.8 Å². The summed E-state index contributed by atoms with van der Waals surface area (Å²) in [5.74, 6) is 2.97. The summed E-state index contributed by atoms with van der Waals surface area (Å²) in [7, 11) is 1.81. The van der Waals surface area contributed by atoms with Gasteiger partial charge in [0.05, 0.1) is 13.1 Å². The third kappa shape index (κ3) is 5.34. The van der Waals surface area contributed by atoms with E-state index in [9.17, 15) is 9.59 Å². The SMILES string of the molecule is Cc1ccc(CN(C)C(=O)CN2CCC(C(=O)N3CCC(C)CC3)CC2)o1. The Morgan fingerprint density at radius 2 is 1.78 bits per heavy atom. The van der Waals surface area contributed by atoms with Crippen molar-refractivity contribution in [3.63, 3.8) is 0 Å². The van der Waals surface area contributed by atoms with Crippen LogP contribution in [0.3, 0.4) is 0 Å². The Morgan fingerprint density at radius 3 is 2.37 bits per heavy atom. The molecule has 0 radical (unpaired) electrons. The fourth-order valence-corrected chi connectivity index (χ4v) is 4.03. The standard InChI is InChI=1S/C21H33N3O3/c1-16-6-12-24(13-7-16)21(26)18-8-10-23(11-9-18)15-20(25)22(3)14-19-5-4-17(2)27-19/h4-5,16,18H,6-15H2,1-3H3. The lowest BCUT2D eigenvalue weighted by molar-refractivity contribution is -0.138. The van der Waals surface area contributed by atoms with Crippen molar-refractivity contribution in [2.24, 2.45) is 11.8 Å². The van der Waals surface area contributed by atoms with Gasteiger partial charge in [0.25, 0.3) is 0 Å². The molecule has 1 aromatic heterocycles. The molecule has 1 aromatic rings. The molecular weight excluding hydrogens is 342 g/mol. The van der Waals surface area contributed by atoms with Crippen LogP contribution in [0.4, 0.5) is 0 Å². The Labute approximate surface area is 162 Å². The molecule has 150 valence electrons. The van der Waals surface area contributed by atoms with E-state index in [0.717, 1.165) is 69.3 Å². The molecule has 27 heavy (non-hydrogen) atoms. The van der Waals surface area contributed by atoms with Crippen LogP contribution in [-0.2, 0) is 16.1 Å². The van der Waals surface area contributed by atoms with Crippen molar-refractivity contribution in [1.82, 2.24) is 14.7 Å². The summed E-state index contributed by atoms with van der Waals surface area (Å²) in [5.41, 5.74) is 0. The van der Waals surface area contributed by atoms with E-state index in [2.05, 4.69) is 16.7 Å². The molecule has 0 bridgehead atoms. The predicted molar refractivity (Wildman–Crippen MR) is 104 cm³/mol. The summed E-state index contributed by atoms with van der Waals surface area (Å²) in [6, 6.07) is 3.83. The zero-order valence-corrected chi connectivity index (χ0v) is 16.9. The first-order valence-electron chi connectivity index (χ1n) is 10.2. The molecule has 0 N–H and O–H groups in total. The molecule has 0 aliphatic carbocycles. The minimum Gasteiger partial charge on any atom is -0.464 e. The van der Waals surface area contributed by atoms with Crippen LogP contribution in [0.25, 0.3) is 0 Å². The molecule has 3 rings (SSSR count). The zero-order chi connectivity index (χ0) is 19.4. The van der Waals surface area contributed by atoms with Crippen molar-refractivity contribution in [1.29, 1.82) is 0 Å². The van der Waals surface area contributed by atoms with E-state index in [1.165, 1.54) is 0 Å². The van der Waals surface area contributed by atoms with Gasteiger partial charge in [0.2, 0.25) is 11.8 Å². The van der Waals surface area contributed by atoms with E-state index in [-0.39, 0.29) is 11.8 Å². The molecule has 6 heteroatoms. The number of carbonyl (C=O) groups excluding carboxylic acids is 2. The summed E-state index contributed by atoms with van der Waals surface area (Å²) in [6.07, 6.45) is 3.97. The Morgan fingerprint density at radius 1 is 1.11 bits per heavy atom. The maximum atomic E-state index is 12.7. The van der Waals surface area contributed by atoms with Crippen molar-refractivity contribution < 1.29 is 14.0 Å². The van der Waals surface area contributed by atoms with Crippen molar-refractivity contribution in [3.8, 4) is 0 Å². The molecule has 0 aromatic carbocycles. The van der Waals surface area contributed by atoms with Crippen molar-refractivity contribution in [2.45, 2.75) is 46.1 Å². The minimum atomic E-state index is 0.0962. The highest BCUT2D eigenvalue weighted by Gasteiger charge is 2.30. The lowest BCUT2D eigenvalue weighted by Crippen LogP contribution is -2.47. The van der Waals surface area contributed by atoms with Crippen LogP contribution in [-0.4, -0.2) is 66.3 Å². The minimum absolute atomic E-state index is 0.0962. The zero-order valence-electron chi connectivity index (χ0n) is 16.9. The lowest BCUT2D eigenvalue weighted by atomic mass is 9.92. The monoisotopic (exact) mass is 375 g/mol. The van der Waals surface area contributed by atoms with E-state index in [1.54, 1.807) is 4.90 Å². The summed E-state index contributed by atoms with van der Waals surface area (Å²) in [6.45, 7) is 8.54. The van der Waals surface area contributed by atoms with E-state index < -0.39 is 0 Å².